The van der Waals surface area contributed by atoms with E-state index in [0.29, 0.717) is 0 Å². The second kappa shape index (κ2) is 4.76. The number of anilines is 2. The lowest BCUT2D eigenvalue weighted by molar-refractivity contribution is 0.387. The number of nitrogens with two attached hydrogens (primary N) is 1. The number of aromatic amines is 1. The van der Waals surface area contributed by atoms with Gasteiger partial charge in [0.25, 0.3) is 5.56 Å². The highest BCUT2D eigenvalue weighted by atomic mass is 16.5. The van der Waals surface area contributed by atoms with Crippen LogP contribution in [0.15, 0.2) is 39.9 Å². The third-order valence-electron chi connectivity index (χ3n) is 2.53. The summed E-state index contributed by atoms with van der Waals surface area (Å²) in [6.45, 7) is 0.205. The van der Waals surface area contributed by atoms with Crippen LogP contribution < -0.4 is 22.5 Å². The second-order valence-corrected chi connectivity index (χ2v) is 3.70. The predicted molar refractivity (Wildman–Crippen MR) is 66.7 cm³/mol. The highest BCUT2D eigenvalue weighted by molar-refractivity contribution is 5.58. The molecule has 0 aliphatic rings. The van der Waals surface area contributed by atoms with Crippen LogP contribution in [0.1, 0.15) is 5.56 Å². The summed E-state index contributed by atoms with van der Waals surface area (Å²) in [5, 5.41) is 8.82. The molecule has 2 aromatic rings. The zero-order valence-electron chi connectivity index (χ0n) is 9.38. The summed E-state index contributed by atoms with van der Waals surface area (Å²) in [6, 6.07) is 9.15. The van der Waals surface area contributed by atoms with Crippen LogP contribution in [0.4, 0.5) is 11.5 Å². The van der Waals surface area contributed by atoms with E-state index in [4.69, 9.17) is 10.9 Å². The largest absolute Gasteiger partial charge is 0.383 e. The molecule has 0 aliphatic heterocycles. The molecule has 0 bridgehead atoms. The fourth-order valence-corrected chi connectivity index (χ4v) is 1.62. The first-order chi connectivity index (χ1) is 8.63. The van der Waals surface area contributed by atoms with Gasteiger partial charge in [-0.1, -0.05) is 30.3 Å². The lowest BCUT2D eigenvalue weighted by Crippen LogP contribution is -2.34. The minimum atomic E-state index is -0.760. The molecule has 2 rings (SSSR count). The predicted octanol–water partition coefficient (Wildman–Crippen LogP) is -0.0318. The van der Waals surface area contributed by atoms with Crippen LogP contribution in [0.25, 0.3) is 0 Å². The van der Waals surface area contributed by atoms with Gasteiger partial charge in [0.15, 0.2) is 5.69 Å². The van der Waals surface area contributed by atoms with Crippen molar-refractivity contribution in [1.29, 1.82) is 0 Å². The molecule has 0 unspecified atom stereocenters. The molecule has 1 aromatic heterocycles. The summed E-state index contributed by atoms with van der Waals surface area (Å²) < 4.78 is 1.16. The molecule has 0 saturated heterocycles. The number of benzene rings is 1. The first kappa shape index (κ1) is 11.9. The standard InChI is InChI=1S/C11H12N4O3/c12-9-8(14-18)10(16)13-11(17)15(9)6-7-4-2-1-3-5-7/h1-5,14,18H,6,12H2,(H,13,16,17). The van der Waals surface area contributed by atoms with Crippen LogP contribution in [0, 0.1) is 0 Å². The molecule has 0 atom stereocenters. The van der Waals surface area contributed by atoms with E-state index in [9.17, 15) is 9.59 Å². The molecule has 0 saturated carbocycles. The number of rotatable bonds is 3. The molecule has 0 amide bonds. The Kier molecular flexibility index (Phi) is 3.16. The Morgan fingerprint density at radius 3 is 2.56 bits per heavy atom. The Labute approximate surface area is 101 Å². The van der Waals surface area contributed by atoms with E-state index in [0.717, 1.165) is 10.1 Å². The lowest BCUT2D eigenvalue weighted by atomic mass is 10.2. The lowest BCUT2D eigenvalue weighted by Gasteiger charge is -2.11. The van der Waals surface area contributed by atoms with Gasteiger partial charge >= 0.3 is 5.69 Å². The smallest absolute Gasteiger partial charge is 0.330 e. The highest BCUT2D eigenvalue weighted by Crippen LogP contribution is 2.10. The Bertz CT molecular complexity index is 660. The summed E-state index contributed by atoms with van der Waals surface area (Å²) in [5.74, 6) is -0.116. The van der Waals surface area contributed by atoms with E-state index in [1.54, 1.807) is 5.48 Å². The van der Waals surface area contributed by atoms with Crippen LogP contribution in [-0.4, -0.2) is 14.8 Å². The van der Waals surface area contributed by atoms with Crippen molar-refractivity contribution >= 4 is 11.5 Å². The minimum Gasteiger partial charge on any atom is -0.383 e. The van der Waals surface area contributed by atoms with Gasteiger partial charge in [0.1, 0.15) is 5.82 Å². The zero-order valence-corrected chi connectivity index (χ0v) is 9.38. The minimum absolute atomic E-state index is 0.116. The van der Waals surface area contributed by atoms with Crippen LogP contribution in [0.2, 0.25) is 0 Å². The summed E-state index contributed by atoms with van der Waals surface area (Å²) in [7, 11) is 0. The van der Waals surface area contributed by atoms with Gasteiger partial charge in [-0.25, -0.2) is 4.79 Å². The van der Waals surface area contributed by atoms with Gasteiger partial charge in [0.2, 0.25) is 0 Å². The van der Waals surface area contributed by atoms with E-state index in [1.165, 1.54) is 0 Å². The summed E-state index contributed by atoms with van der Waals surface area (Å²) >= 11 is 0. The van der Waals surface area contributed by atoms with E-state index < -0.39 is 11.2 Å². The molecule has 1 heterocycles. The topological polar surface area (TPSA) is 113 Å². The first-order valence-corrected chi connectivity index (χ1v) is 5.20. The van der Waals surface area contributed by atoms with Gasteiger partial charge in [-0.2, -0.15) is 0 Å². The summed E-state index contributed by atoms with van der Waals surface area (Å²) in [6.07, 6.45) is 0. The molecular weight excluding hydrogens is 236 g/mol. The SMILES string of the molecule is Nc1c(NO)c(=O)[nH]c(=O)n1Cc1ccccc1. The average molecular weight is 248 g/mol. The van der Waals surface area contributed by atoms with Crippen molar-refractivity contribution in [2.75, 3.05) is 11.2 Å². The molecule has 0 aliphatic carbocycles. The maximum Gasteiger partial charge on any atom is 0.330 e. The van der Waals surface area contributed by atoms with Gasteiger partial charge in [-0.05, 0) is 5.56 Å². The monoisotopic (exact) mass is 248 g/mol. The van der Waals surface area contributed by atoms with Gasteiger partial charge in [0.05, 0.1) is 6.54 Å². The Morgan fingerprint density at radius 2 is 1.94 bits per heavy atom. The maximum atomic E-state index is 11.7. The van der Waals surface area contributed by atoms with E-state index in [-0.39, 0.29) is 18.1 Å². The third-order valence-corrected chi connectivity index (χ3v) is 2.53. The van der Waals surface area contributed by atoms with Crippen LogP contribution >= 0.6 is 0 Å². The van der Waals surface area contributed by atoms with Crippen molar-refractivity contribution < 1.29 is 5.21 Å². The Morgan fingerprint density at radius 1 is 1.28 bits per heavy atom. The van der Waals surface area contributed by atoms with Crippen molar-refractivity contribution in [2.24, 2.45) is 0 Å². The van der Waals surface area contributed by atoms with E-state index in [2.05, 4.69) is 4.98 Å². The number of hydrogen-bond donors (Lipinski definition) is 4. The number of nitrogens with zero attached hydrogens (tertiary/aromatic N) is 1. The van der Waals surface area contributed by atoms with Crippen LogP contribution in [-0.2, 0) is 6.54 Å². The number of nitrogens with one attached hydrogen (secondary N) is 2. The molecule has 7 nitrogen and oxygen atoms in total. The van der Waals surface area contributed by atoms with E-state index >= 15 is 0 Å². The van der Waals surface area contributed by atoms with Gasteiger partial charge in [0, 0.05) is 0 Å². The molecule has 0 fully saturated rings. The summed E-state index contributed by atoms with van der Waals surface area (Å²) in [5.41, 5.74) is 6.57. The van der Waals surface area contributed by atoms with Crippen molar-refractivity contribution in [3.05, 3.63) is 56.7 Å². The molecule has 1 aromatic carbocycles. The normalized spacial score (nSPS) is 10.3. The van der Waals surface area contributed by atoms with Crippen LogP contribution in [0.3, 0.4) is 0 Å². The average Bonchev–Trinajstić information content (AvgIpc) is 2.36. The Balaban J connectivity index is 2.52. The molecule has 18 heavy (non-hydrogen) atoms. The fourth-order valence-electron chi connectivity index (χ4n) is 1.62. The van der Waals surface area contributed by atoms with Crippen LogP contribution in [0.5, 0.6) is 0 Å². The molecule has 0 spiro atoms. The number of aromatic nitrogens is 2. The van der Waals surface area contributed by atoms with Gasteiger partial charge < -0.3 is 5.73 Å². The van der Waals surface area contributed by atoms with E-state index in [1.807, 2.05) is 30.3 Å². The number of hydrogen-bond acceptors (Lipinski definition) is 5. The fraction of sp³-hybridized carbons (Fsp3) is 0.0909. The van der Waals surface area contributed by atoms with Crippen molar-refractivity contribution in [1.82, 2.24) is 9.55 Å². The quantitative estimate of drug-likeness (QED) is 0.569. The van der Waals surface area contributed by atoms with Gasteiger partial charge in [-0.15, -0.1) is 0 Å². The van der Waals surface area contributed by atoms with Crippen molar-refractivity contribution in [3.8, 4) is 0 Å². The third kappa shape index (κ3) is 2.11. The number of nitrogen functional groups attached to an aromatic ring is 1. The second-order valence-electron chi connectivity index (χ2n) is 3.70. The molecule has 5 N–H and O–H groups in total. The van der Waals surface area contributed by atoms with Crippen molar-refractivity contribution in [3.63, 3.8) is 0 Å². The molecule has 94 valence electrons. The summed E-state index contributed by atoms with van der Waals surface area (Å²) in [4.78, 5) is 25.0. The zero-order chi connectivity index (χ0) is 13.1. The molecule has 7 heteroatoms. The molecular formula is C11H12N4O3. The van der Waals surface area contributed by atoms with Crippen molar-refractivity contribution in [2.45, 2.75) is 6.54 Å². The maximum absolute atomic E-state index is 11.7. The molecule has 0 radical (unpaired) electrons. The highest BCUT2D eigenvalue weighted by Gasteiger charge is 2.11. The number of H-pyrrole nitrogens is 1. The first-order valence-electron chi connectivity index (χ1n) is 5.20. The van der Waals surface area contributed by atoms with Gasteiger partial charge in [-0.3, -0.25) is 25.0 Å². The Hall–Kier alpha value is -2.54.